The largest absolute Gasteiger partial charge is 0.348 e. The lowest BCUT2D eigenvalue weighted by Gasteiger charge is -2.37. The minimum atomic E-state index is -0.454. The van der Waals surface area contributed by atoms with Crippen LogP contribution in [0.2, 0.25) is 0 Å². The summed E-state index contributed by atoms with van der Waals surface area (Å²) in [6, 6.07) is 10.4. The van der Waals surface area contributed by atoms with Crippen molar-refractivity contribution >= 4 is 23.2 Å². The molecule has 1 aromatic rings. The van der Waals surface area contributed by atoms with Crippen LogP contribution in [0, 0.1) is 0 Å². The third kappa shape index (κ3) is 2.48. The van der Waals surface area contributed by atoms with Gasteiger partial charge in [0.2, 0.25) is 0 Å². The molecule has 1 amide bonds. The van der Waals surface area contributed by atoms with Crippen LogP contribution in [-0.2, 0) is 11.3 Å². The molecule has 0 radical (unpaired) electrons. The summed E-state index contributed by atoms with van der Waals surface area (Å²) in [6.45, 7) is 2.78. The van der Waals surface area contributed by atoms with Gasteiger partial charge in [-0.15, -0.1) is 0 Å². The van der Waals surface area contributed by atoms with Crippen molar-refractivity contribution < 1.29 is 4.79 Å². The zero-order valence-electron chi connectivity index (χ0n) is 10.7. The minimum absolute atomic E-state index is 0.0388. The number of rotatable bonds is 2. The number of likely N-dealkylation sites (tertiary alicyclic amines) is 1. The number of thiocarbonyl (C=S) groups is 1. The fraction of sp³-hybridized carbons (Fsp3) is 0.429. The summed E-state index contributed by atoms with van der Waals surface area (Å²) in [7, 11) is 0. The lowest BCUT2D eigenvalue weighted by Crippen LogP contribution is -2.54. The molecule has 3 rings (SSSR count). The maximum atomic E-state index is 11.9. The predicted octanol–water partition coefficient (Wildman–Crippen LogP) is 1.03. The van der Waals surface area contributed by atoms with Gasteiger partial charge in [-0.2, -0.15) is 0 Å². The van der Waals surface area contributed by atoms with Crippen LogP contribution >= 0.6 is 12.2 Å². The summed E-state index contributed by atoms with van der Waals surface area (Å²) in [4.78, 5) is 14.3. The van der Waals surface area contributed by atoms with Gasteiger partial charge >= 0.3 is 0 Å². The quantitative estimate of drug-likeness (QED) is 0.791. The molecule has 5 heteroatoms. The molecular weight excluding hydrogens is 258 g/mol. The monoisotopic (exact) mass is 275 g/mol. The fourth-order valence-corrected chi connectivity index (χ4v) is 3.10. The molecule has 2 heterocycles. The van der Waals surface area contributed by atoms with Gasteiger partial charge in [-0.1, -0.05) is 30.3 Å². The number of piperidine rings is 1. The van der Waals surface area contributed by atoms with Gasteiger partial charge in [0.1, 0.15) is 5.54 Å². The molecule has 2 aliphatic heterocycles. The van der Waals surface area contributed by atoms with Gasteiger partial charge < -0.3 is 10.6 Å². The Morgan fingerprint density at radius 1 is 1.21 bits per heavy atom. The Morgan fingerprint density at radius 2 is 1.89 bits per heavy atom. The highest BCUT2D eigenvalue weighted by Gasteiger charge is 2.46. The topological polar surface area (TPSA) is 44.4 Å². The van der Waals surface area contributed by atoms with Crippen LogP contribution in [0.5, 0.6) is 0 Å². The van der Waals surface area contributed by atoms with E-state index in [-0.39, 0.29) is 5.91 Å². The van der Waals surface area contributed by atoms with E-state index < -0.39 is 5.54 Å². The molecule has 2 saturated heterocycles. The molecule has 0 saturated carbocycles. The van der Waals surface area contributed by atoms with Crippen LogP contribution < -0.4 is 10.6 Å². The molecule has 0 atom stereocenters. The van der Waals surface area contributed by atoms with Crippen LogP contribution in [-0.4, -0.2) is 34.5 Å². The van der Waals surface area contributed by atoms with Crippen molar-refractivity contribution in [2.45, 2.75) is 24.9 Å². The van der Waals surface area contributed by atoms with Crippen LogP contribution in [0.25, 0.3) is 0 Å². The zero-order valence-corrected chi connectivity index (χ0v) is 11.5. The number of nitrogens with one attached hydrogen (secondary N) is 2. The van der Waals surface area contributed by atoms with Crippen molar-refractivity contribution in [3.8, 4) is 0 Å². The van der Waals surface area contributed by atoms with Gasteiger partial charge in [0.25, 0.3) is 5.91 Å². The Kier molecular flexibility index (Phi) is 3.24. The lowest BCUT2D eigenvalue weighted by atomic mass is 9.87. The molecule has 4 nitrogen and oxygen atoms in total. The van der Waals surface area contributed by atoms with Crippen LogP contribution in [0.1, 0.15) is 18.4 Å². The number of benzene rings is 1. The summed E-state index contributed by atoms with van der Waals surface area (Å²) in [5, 5.41) is 6.33. The van der Waals surface area contributed by atoms with E-state index in [1.807, 2.05) is 6.07 Å². The van der Waals surface area contributed by atoms with Crippen molar-refractivity contribution in [2.75, 3.05) is 13.1 Å². The average Bonchev–Trinajstić information content (AvgIpc) is 2.68. The van der Waals surface area contributed by atoms with Crippen LogP contribution in [0.3, 0.4) is 0 Å². The number of carbonyl (C=O) groups excluding carboxylic acids is 1. The van der Waals surface area contributed by atoms with Crippen molar-refractivity contribution in [2.24, 2.45) is 0 Å². The Labute approximate surface area is 118 Å². The van der Waals surface area contributed by atoms with E-state index in [1.54, 1.807) is 0 Å². The highest BCUT2D eigenvalue weighted by Crippen LogP contribution is 2.26. The number of nitrogens with zero attached hydrogens (tertiary/aromatic N) is 1. The van der Waals surface area contributed by atoms with Crippen molar-refractivity contribution in [1.82, 2.24) is 15.5 Å². The Bertz CT molecular complexity index is 495. The van der Waals surface area contributed by atoms with Gasteiger partial charge in [-0.25, -0.2) is 0 Å². The van der Waals surface area contributed by atoms with Crippen LogP contribution in [0.15, 0.2) is 30.3 Å². The van der Waals surface area contributed by atoms with E-state index >= 15 is 0 Å². The third-order valence-corrected chi connectivity index (χ3v) is 4.18. The van der Waals surface area contributed by atoms with E-state index in [0.717, 1.165) is 32.5 Å². The van der Waals surface area contributed by atoms with Crippen LogP contribution in [0.4, 0.5) is 0 Å². The second-order valence-electron chi connectivity index (χ2n) is 5.25. The predicted molar refractivity (Wildman–Crippen MR) is 77.6 cm³/mol. The second-order valence-corrected chi connectivity index (χ2v) is 5.66. The maximum absolute atomic E-state index is 11.9. The first-order valence-corrected chi connectivity index (χ1v) is 6.99. The van der Waals surface area contributed by atoms with Gasteiger partial charge in [-0.05, 0) is 30.6 Å². The SMILES string of the molecule is O=C1NC(=S)NC12CCN(Cc1ccccc1)CC2. The molecule has 19 heavy (non-hydrogen) atoms. The highest BCUT2D eigenvalue weighted by molar-refractivity contribution is 7.80. The molecule has 2 fully saturated rings. The van der Waals surface area contributed by atoms with Crippen molar-refractivity contribution in [1.29, 1.82) is 0 Å². The summed E-state index contributed by atoms with van der Waals surface area (Å²) >= 11 is 5.03. The van der Waals surface area contributed by atoms with Crippen molar-refractivity contribution in [3.63, 3.8) is 0 Å². The molecule has 1 aromatic carbocycles. The smallest absolute Gasteiger partial charge is 0.251 e. The van der Waals surface area contributed by atoms with Gasteiger partial charge in [0, 0.05) is 19.6 Å². The summed E-state index contributed by atoms with van der Waals surface area (Å²) < 4.78 is 0. The van der Waals surface area contributed by atoms with E-state index in [2.05, 4.69) is 39.8 Å². The van der Waals surface area contributed by atoms with E-state index in [9.17, 15) is 4.79 Å². The first-order valence-electron chi connectivity index (χ1n) is 6.58. The molecule has 1 spiro atoms. The minimum Gasteiger partial charge on any atom is -0.348 e. The number of amides is 1. The molecule has 0 unspecified atom stereocenters. The molecule has 0 aliphatic carbocycles. The second kappa shape index (κ2) is 4.90. The normalized spacial score (nSPS) is 22.3. The summed E-state index contributed by atoms with van der Waals surface area (Å²) in [5.74, 6) is 0.0388. The molecule has 0 bridgehead atoms. The average molecular weight is 275 g/mol. The number of carbonyl (C=O) groups is 1. The standard InChI is InChI=1S/C14H17N3OS/c18-12-14(16-13(19)15-12)6-8-17(9-7-14)10-11-4-2-1-3-5-11/h1-5H,6-10H2,(H2,15,16,18,19). The molecular formula is C14H17N3OS. The molecule has 2 N–H and O–H groups in total. The fourth-order valence-electron chi connectivity index (χ4n) is 2.81. The van der Waals surface area contributed by atoms with E-state index in [0.29, 0.717) is 5.11 Å². The summed E-state index contributed by atoms with van der Waals surface area (Å²) in [5.41, 5.74) is 0.863. The van der Waals surface area contributed by atoms with Gasteiger partial charge in [-0.3, -0.25) is 9.69 Å². The number of hydrogen-bond donors (Lipinski definition) is 2. The van der Waals surface area contributed by atoms with E-state index in [4.69, 9.17) is 12.2 Å². The third-order valence-electron chi connectivity index (χ3n) is 3.97. The Balaban J connectivity index is 1.61. The summed E-state index contributed by atoms with van der Waals surface area (Å²) in [6.07, 6.45) is 1.62. The Hall–Kier alpha value is -1.46. The van der Waals surface area contributed by atoms with E-state index in [1.165, 1.54) is 5.56 Å². The van der Waals surface area contributed by atoms with Gasteiger partial charge in [0.05, 0.1) is 0 Å². The van der Waals surface area contributed by atoms with Crippen molar-refractivity contribution in [3.05, 3.63) is 35.9 Å². The lowest BCUT2D eigenvalue weighted by molar-refractivity contribution is -0.125. The number of hydrogen-bond acceptors (Lipinski definition) is 3. The first kappa shape index (κ1) is 12.6. The molecule has 2 aliphatic rings. The Morgan fingerprint density at radius 3 is 2.47 bits per heavy atom. The molecule has 100 valence electrons. The first-order chi connectivity index (χ1) is 9.18. The van der Waals surface area contributed by atoms with Gasteiger partial charge in [0.15, 0.2) is 5.11 Å². The molecule has 0 aromatic heterocycles. The highest BCUT2D eigenvalue weighted by atomic mass is 32.1. The maximum Gasteiger partial charge on any atom is 0.251 e. The zero-order chi connectivity index (χ0) is 13.3.